The Morgan fingerprint density at radius 2 is 2.30 bits per heavy atom. The van der Waals surface area contributed by atoms with Crippen molar-refractivity contribution in [2.45, 2.75) is 20.3 Å². The predicted molar refractivity (Wildman–Crippen MR) is 74.2 cm³/mol. The van der Waals surface area contributed by atoms with E-state index in [1.54, 1.807) is 29.2 Å². The van der Waals surface area contributed by atoms with Crippen molar-refractivity contribution >= 4 is 12.2 Å². The Morgan fingerprint density at radius 3 is 2.95 bits per heavy atom. The van der Waals surface area contributed by atoms with Crippen LogP contribution < -0.4 is 16.3 Å². The average molecular weight is 270 g/mol. The number of hydrogen-bond donors (Lipinski definition) is 1. The highest BCUT2D eigenvalue weighted by Crippen LogP contribution is 2.00. The van der Waals surface area contributed by atoms with Crippen molar-refractivity contribution in [3.8, 4) is 5.95 Å². The van der Waals surface area contributed by atoms with Crippen LogP contribution in [0.25, 0.3) is 18.1 Å². The lowest BCUT2D eigenvalue weighted by molar-refractivity contribution is 0.556. The molecule has 0 radical (unpaired) electrons. The molecule has 0 saturated heterocycles. The van der Waals surface area contributed by atoms with Gasteiger partial charge in [0, 0.05) is 6.08 Å². The van der Waals surface area contributed by atoms with Crippen LogP contribution in [0.3, 0.4) is 0 Å². The van der Waals surface area contributed by atoms with E-state index >= 15 is 0 Å². The van der Waals surface area contributed by atoms with Crippen LogP contribution in [0.1, 0.15) is 25.3 Å². The topological polar surface area (TPSA) is 76.7 Å². The zero-order valence-corrected chi connectivity index (χ0v) is 11.3. The highest BCUT2D eigenvalue weighted by atomic mass is 16.3. The minimum atomic E-state index is -0.333. The van der Waals surface area contributed by atoms with Gasteiger partial charge in [-0.1, -0.05) is 13.0 Å². The largest absolute Gasteiger partial charge is 0.465 e. The molecule has 0 atom stereocenters. The maximum Gasteiger partial charge on any atom is 0.299 e. The lowest BCUT2D eigenvalue weighted by Gasteiger charge is -2.05. The summed E-state index contributed by atoms with van der Waals surface area (Å²) in [6, 6.07) is 3.54. The molecular weight excluding hydrogens is 256 g/mol. The van der Waals surface area contributed by atoms with Gasteiger partial charge in [0.25, 0.3) is 11.5 Å². The maximum atomic E-state index is 12.0. The third kappa shape index (κ3) is 1.95. The molecule has 2 aliphatic rings. The van der Waals surface area contributed by atoms with Gasteiger partial charge < -0.3 is 4.42 Å². The average Bonchev–Trinajstić information content (AvgIpc) is 3.06. The number of hydrogen-bond acceptors (Lipinski definition) is 4. The Bertz CT molecular complexity index is 871. The summed E-state index contributed by atoms with van der Waals surface area (Å²) in [5, 5.41) is 4.44. The minimum absolute atomic E-state index is 0.333. The fourth-order valence-electron chi connectivity index (χ4n) is 2.09. The second kappa shape index (κ2) is 4.80. The standard InChI is InChI=1S/C14H14N4O2/c1-3-10-11(4-2)17-18-12(8-9-6-5-7-20-9)13(19)16-14(18)15-10/h4-8,17H,3H2,1-2H3/b11-4-,12-8+. The third-order valence-electron chi connectivity index (χ3n) is 3.09. The summed E-state index contributed by atoms with van der Waals surface area (Å²) >= 11 is 0. The minimum Gasteiger partial charge on any atom is -0.465 e. The first-order chi connectivity index (χ1) is 9.72. The van der Waals surface area contributed by atoms with E-state index in [2.05, 4.69) is 15.1 Å². The Morgan fingerprint density at radius 1 is 1.45 bits per heavy atom. The first-order valence-electron chi connectivity index (χ1n) is 6.42. The molecule has 6 nitrogen and oxygen atoms in total. The van der Waals surface area contributed by atoms with E-state index in [0.29, 0.717) is 17.1 Å². The van der Waals surface area contributed by atoms with Gasteiger partial charge in [0.05, 0.1) is 17.3 Å². The summed E-state index contributed by atoms with van der Waals surface area (Å²) in [6.45, 7) is 3.93. The van der Waals surface area contributed by atoms with Crippen LogP contribution in [-0.4, -0.2) is 19.7 Å². The molecule has 2 aliphatic heterocycles. The molecule has 0 unspecified atom stereocenters. The number of H-pyrrole nitrogens is 1. The Labute approximate surface area is 114 Å². The highest BCUT2D eigenvalue weighted by Gasteiger charge is 2.12. The Kier molecular flexibility index (Phi) is 2.98. The number of furan rings is 1. The molecule has 0 amide bonds. The number of nitrogens with one attached hydrogen (secondary N) is 1. The van der Waals surface area contributed by atoms with Gasteiger partial charge in [-0.15, -0.1) is 0 Å². The molecule has 20 heavy (non-hydrogen) atoms. The van der Waals surface area contributed by atoms with Crippen molar-refractivity contribution in [2.24, 2.45) is 0 Å². The number of aryl methyl sites for hydroxylation is 1. The number of rotatable bonds is 2. The number of fused-ring (bicyclic) bond motifs is 1. The SMILES string of the molecule is C/C=c1\[nH]n2/c(=C/c3ccco3)c(=O)nc-2nc1CC. The normalized spacial score (nSPS) is 13.5. The van der Waals surface area contributed by atoms with Crippen LogP contribution >= 0.6 is 0 Å². The maximum absolute atomic E-state index is 12.0. The molecule has 0 bridgehead atoms. The lowest BCUT2D eigenvalue weighted by atomic mass is 10.3. The van der Waals surface area contributed by atoms with E-state index in [9.17, 15) is 4.79 Å². The molecule has 102 valence electrons. The Hall–Kier alpha value is -2.63. The summed E-state index contributed by atoms with van der Waals surface area (Å²) in [4.78, 5) is 20.4. The number of aromatic nitrogens is 4. The summed E-state index contributed by atoms with van der Waals surface area (Å²) in [5.74, 6) is 0.967. The molecule has 3 heterocycles. The van der Waals surface area contributed by atoms with E-state index in [4.69, 9.17) is 4.42 Å². The van der Waals surface area contributed by atoms with E-state index in [1.807, 2.05) is 19.9 Å². The van der Waals surface area contributed by atoms with Crippen LogP contribution in [0, 0.1) is 0 Å². The zero-order chi connectivity index (χ0) is 14.1. The molecular formula is C14H14N4O2. The first kappa shape index (κ1) is 12.4. The fraction of sp³-hybridized carbons (Fsp3) is 0.214. The predicted octanol–water partition coefficient (Wildman–Crippen LogP) is 0.178. The van der Waals surface area contributed by atoms with Crippen LogP contribution in [0.5, 0.6) is 0 Å². The van der Waals surface area contributed by atoms with E-state index in [-0.39, 0.29) is 5.56 Å². The zero-order valence-electron chi connectivity index (χ0n) is 11.3. The first-order valence-corrected chi connectivity index (χ1v) is 6.42. The molecule has 0 spiro atoms. The van der Waals surface area contributed by atoms with E-state index in [0.717, 1.165) is 17.5 Å². The summed E-state index contributed by atoms with van der Waals surface area (Å²) in [5.41, 5.74) is 0.551. The van der Waals surface area contributed by atoms with Gasteiger partial charge in [0.15, 0.2) is 0 Å². The van der Waals surface area contributed by atoms with Crippen molar-refractivity contribution < 1.29 is 4.42 Å². The molecule has 0 aromatic carbocycles. The molecule has 1 aromatic rings. The van der Waals surface area contributed by atoms with Crippen molar-refractivity contribution in [3.63, 3.8) is 0 Å². The van der Waals surface area contributed by atoms with E-state index < -0.39 is 0 Å². The van der Waals surface area contributed by atoms with Gasteiger partial charge in [-0.25, -0.2) is 9.67 Å². The van der Waals surface area contributed by atoms with Crippen LogP contribution in [0.2, 0.25) is 0 Å². The van der Waals surface area contributed by atoms with Gasteiger partial charge in [0.1, 0.15) is 11.1 Å². The highest BCUT2D eigenvalue weighted by molar-refractivity contribution is 5.42. The molecule has 0 fully saturated rings. The quantitative estimate of drug-likeness (QED) is 0.720. The van der Waals surface area contributed by atoms with Gasteiger partial charge in [-0.2, -0.15) is 4.98 Å². The third-order valence-corrected chi connectivity index (χ3v) is 3.09. The van der Waals surface area contributed by atoms with Gasteiger partial charge in [0.2, 0.25) is 0 Å². The van der Waals surface area contributed by atoms with Crippen molar-refractivity contribution in [1.82, 2.24) is 19.7 Å². The second-order valence-electron chi connectivity index (χ2n) is 4.32. The monoisotopic (exact) mass is 270 g/mol. The van der Waals surface area contributed by atoms with Crippen LogP contribution in [0.15, 0.2) is 27.6 Å². The number of imidazole rings is 1. The number of nitrogens with zero attached hydrogens (tertiary/aromatic N) is 3. The van der Waals surface area contributed by atoms with Gasteiger partial charge in [-0.05, 0) is 25.5 Å². The smallest absolute Gasteiger partial charge is 0.299 e. The van der Waals surface area contributed by atoms with Crippen molar-refractivity contribution in [1.29, 1.82) is 0 Å². The molecule has 6 heteroatoms. The van der Waals surface area contributed by atoms with Gasteiger partial charge in [-0.3, -0.25) is 9.89 Å². The second-order valence-corrected chi connectivity index (χ2v) is 4.32. The molecule has 1 N–H and O–H groups in total. The number of aromatic amines is 1. The summed E-state index contributed by atoms with van der Waals surface area (Å²) in [7, 11) is 0. The lowest BCUT2D eigenvalue weighted by Crippen LogP contribution is -2.33. The fourth-order valence-corrected chi connectivity index (χ4v) is 2.09. The molecule has 3 rings (SSSR count). The molecule has 1 aromatic heterocycles. The van der Waals surface area contributed by atoms with Crippen molar-refractivity contribution in [2.75, 3.05) is 0 Å². The van der Waals surface area contributed by atoms with E-state index in [1.165, 1.54) is 0 Å². The summed E-state index contributed by atoms with van der Waals surface area (Å²) in [6.07, 6.45) is 5.89. The Balaban J connectivity index is 2.36. The van der Waals surface area contributed by atoms with Gasteiger partial charge >= 0.3 is 0 Å². The van der Waals surface area contributed by atoms with Crippen molar-refractivity contribution in [3.05, 3.63) is 50.9 Å². The summed E-state index contributed by atoms with van der Waals surface area (Å²) < 4.78 is 6.82. The van der Waals surface area contributed by atoms with Crippen LogP contribution in [-0.2, 0) is 6.42 Å². The molecule has 0 aliphatic carbocycles. The molecule has 0 saturated carbocycles. The van der Waals surface area contributed by atoms with Crippen LogP contribution in [0.4, 0.5) is 0 Å².